The lowest BCUT2D eigenvalue weighted by Gasteiger charge is -2.54. The van der Waals surface area contributed by atoms with Gasteiger partial charge in [0.1, 0.15) is 5.75 Å². The molecule has 0 bridgehead atoms. The number of fused-ring (bicyclic) bond motifs is 3. The molecule has 4 aliphatic rings. The van der Waals surface area contributed by atoms with Gasteiger partial charge in [0.15, 0.2) is 34.7 Å². The van der Waals surface area contributed by atoms with Gasteiger partial charge in [-0.15, -0.1) is 0 Å². The van der Waals surface area contributed by atoms with Gasteiger partial charge in [-0.3, -0.25) is 24.0 Å². The van der Waals surface area contributed by atoms with Crippen LogP contribution in [-0.4, -0.2) is 71.3 Å². The number of primary amides is 1. The van der Waals surface area contributed by atoms with Gasteiger partial charge >= 0.3 is 0 Å². The lowest BCUT2D eigenvalue weighted by atomic mass is 9.48. The maximum absolute atomic E-state index is 14.0. The lowest BCUT2D eigenvalue weighted by Crippen LogP contribution is -2.71. The summed E-state index contributed by atoms with van der Waals surface area (Å²) in [6, 6.07) is 4.67. The molecule has 1 amide bonds. The summed E-state index contributed by atoms with van der Waals surface area (Å²) in [6.07, 6.45) is 3.48. The first kappa shape index (κ1) is 25.7. The van der Waals surface area contributed by atoms with Crippen molar-refractivity contribution < 1.29 is 43.7 Å². The highest BCUT2D eigenvalue weighted by atomic mass is 16.5. The molecule has 10 heteroatoms. The van der Waals surface area contributed by atoms with Crippen molar-refractivity contribution in [3.63, 3.8) is 0 Å². The van der Waals surface area contributed by atoms with Crippen LogP contribution in [0, 0.1) is 29.6 Å². The molecule has 37 heavy (non-hydrogen) atoms. The molecular weight excluding hydrogens is 482 g/mol. The minimum Gasteiger partial charge on any atom is -0.507 e. The Kier molecular flexibility index (Phi) is 6.54. The number of ether oxygens (including phenoxy) is 2. The first-order valence-electron chi connectivity index (χ1n) is 12.7. The molecule has 0 heterocycles. The SMILES string of the molecule is COC[C@H]1[C@H]2C(C(=O)c3c(O)cccc3C2COC2CCCC2)C(=O)[C@]2(O)C(=O)C(C(N)=O)C(=O)C[C@H]12. The standard InChI is InChI=1S/C27H31NO9/c1-36-10-15-16-9-18(30)21(26(28)34)24(32)27(16,35)25(33)22-19(15)14(11-37-12-5-2-3-6-12)13-7-4-8-17(29)20(13)23(22)31/h4,7-8,12,14-16,19,21-22,29,35H,2-3,5-6,9-11H2,1H3,(H2,28,34)/t14?,15-,16-,19+,21?,22?,27-/m1/s1. The van der Waals surface area contributed by atoms with Crippen molar-refractivity contribution in [2.45, 2.75) is 49.7 Å². The Bertz CT molecular complexity index is 1170. The third kappa shape index (κ3) is 3.76. The van der Waals surface area contributed by atoms with E-state index >= 15 is 0 Å². The van der Waals surface area contributed by atoms with Crippen LogP contribution >= 0.6 is 0 Å². The van der Waals surface area contributed by atoms with Crippen molar-refractivity contribution in [2.24, 2.45) is 35.3 Å². The number of ketones is 4. The number of Topliss-reactive ketones (excluding diaryl/α,β-unsaturated/α-hetero) is 4. The van der Waals surface area contributed by atoms with Crippen LogP contribution in [0.25, 0.3) is 0 Å². The van der Waals surface area contributed by atoms with Crippen molar-refractivity contribution >= 4 is 29.0 Å². The number of nitrogens with two attached hydrogens (primary N) is 1. The predicted molar refractivity (Wildman–Crippen MR) is 126 cm³/mol. The van der Waals surface area contributed by atoms with E-state index in [1.165, 1.54) is 13.2 Å². The molecule has 1 aromatic carbocycles. The Morgan fingerprint density at radius 1 is 1.11 bits per heavy atom. The van der Waals surface area contributed by atoms with Crippen molar-refractivity contribution in [3.8, 4) is 5.75 Å². The Labute approximate surface area is 213 Å². The van der Waals surface area contributed by atoms with Gasteiger partial charge in [0.05, 0.1) is 24.2 Å². The van der Waals surface area contributed by atoms with Crippen LogP contribution in [0.15, 0.2) is 18.2 Å². The third-order valence-corrected chi connectivity index (χ3v) is 8.90. The highest BCUT2D eigenvalue weighted by molar-refractivity contribution is 6.31. The predicted octanol–water partition coefficient (Wildman–Crippen LogP) is 0.700. The molecule has 4 aliphatic carbocycles. The Hall–Kier alpha value is -2.95. The van der Waals surface area contributed by atoms with Crippen LogP contribution in [0.1, 0.15) is 53.9 Å². The largest absolute Gasteiger partial charge is 0.507 e. The second-order valence-corrected chi connectivity index (χ2v) is 10.7. The molecule has 5 rings (SSSR count). The van der Waals surface area contributed by atoms with Gasteiger partial charge in [-0.2, -0.15) is 0 Å². The van der Waals surface area contributed by atoms with Crippen LogP contribution in [-0.2, 0) is 28.7 Å². The average molecular weight is 514 g/mol. The molecule has 0 aromatic heterocycles. The molecule has 0 spiro atoms. The molecule has 3 saturated carbocycles. The number of carbonyl (C=O) groups is 5. The van der Waals surface area contributed by atoms with Gasteiger partial charge < -0.3 is 25.4 Å². The number of phenolic OH excluding ortho intramolecular Hbond substituents is 1. The second-order valence-electron chi connectivity index (χ2n) is 10.7. The number of aromatic hydroxyl groups is 1. The average Bonchev–Trinajstić information content (AvgIpc) is 3.36. The number of carbonyl (C=O) groups excluding carboxylic acids is 5. The topological polar surface area (TPSA) is 170 Å². The molecule has 3 unspecified atom stereocenters. The fourth-order valence-corrected chi connectivity index (χ4v) is 7.25. The summed E-state index contributed by atoms with van der Waals surface area (Å²) in [6.45, 7) is 0.102. The van der Waals surface area contributed by atoms with Gasteiger partial charge in [0.25, 0.3) is 0 Å². The van der Waals surface area contributed by atoms with E-state index < -0.39 is 76.6 Å². The molecule has 3 fully saturated rings. The number of hydrogen-bond acceptors (Lipinski definition) is 9. The van der Waals surface area contributed by atoms with E-state index in [2.05, 4.69) is 0 Å². The highest BCUT2D eigenvalue weighted by Crippen LogP contribution is 2.56. The molecule has 4 N–H and O–H groups in total. The zero-order valence-electron chi connectivity index (χ0n) is 20.6. The summed E-state index contributed by atoms with van der Waals surface area (Å²) in [5.41, 5.74) is 3.01. The van der Waals surface area contributed by atoms with Gasteiger partial charge in [-0.1, -0.05) is 25.0 Å². The molecule has 0 saturated heterocycles. The summed E-state index contributed by atoms with van der Waals surface area (Å²) in [7, 11) is 1.41. The van der Waals surface area contributed by atoms with E-state index in [0.29, 0.717) is 5.56 Å². The number of phenols is 1. The Balaban J connectivity index is 1.65. The summed E-state index contributed by atoms with van der Waals surface area (Å²) < 4.78 is 11.7. The fraction of sp³-hybridized carbons (Fsp3) is 0.593. The van der Waals surface area contributed by atoms with Gasteiger partial charge in [0.2, 0.25) is 5.91 Å². The van der Waals surface area contributed by atoms with E-state index in [0.717, 1.165) is 25.7 Å². The van der Waals surface area contributed by atoms with E-state index in [1.807, 2.05) is 0 Å². The fourth-order valence-electron chi connectivity index (χ4n) is 7.25. The van der Waals surface area contributed by atoms with Gasteiger partial charge in [-0.05, 0) is 36.3 Å². The van der Waals surface area contributed by atoms with Crippen LogP contribution in [0.4, 0.5) is 0 Å². The zero-order valence-corrected chi connectivity index (χ0v) is 20.6. The zero-order chi connectivity index (χ0) is 26.6. The molecule has 7 atom stereocenters. The number of methoxy groups -OCH3 is 1. The highest BCUT2D eigenvalue weighted by Gasteiger charge is 2.70. The second kappa shape index (κ2) is 9.41. The number of aliphatic hydroxyl groups is 1. The lowest BCUT2D eigenvalue weighted by molar-refractivity contribution is -0.185. The summed E-state index contributed by atoms with van der Waals surface area (Å²) in [5, 5.41) is 22.3. The van der Waals surface area contributed by atoms with Crippen LogP contribution in [0.3, 0.4) is 0 Å². The normalized spacial score (nSPS) is 35.7. The smallest absolute Gasteiger partial charge is 0.235 e. The summed E-state index contributed by atoms with van der Waals surface area (Å²) in [5.74, 6) is -12.1. The van der Waals surface area contributed by atoms with Crippen molar-refractivity contribution in [3.05, 3.63) is 29.3 Å². The molecule has 0 radical (unpaired) electrons. The first-order valence-corrected chi connectivity index (χ1v) is 12.7. The van der Waals surface area contributed by atoms with Crippen molar-refractivity contribution in [1.82, 2.24) is 0 Å². The number of benzene rings is 1. The molecule has 1 aromatic rings. The molecule has 198 valence electrons. The minimum absolute atomic E-state index is 0.0306. The van der Waals surface area contributed by atoms with Crippen LogP contribution in [0.2, 0.25) is 0 Å². The molecule has 10 nitrogen and oxygen atoms in total. The Morgan fingerprint density at radius 3 is 2.46 bits per heavy atom. The van der Waals surface area contributed by atoms with Crippen molar-refractivity contribution in [1.29, 1.82) is 0 Å². The monoisotopic (exact) mass is 513 g/mol. The number of rotatable bonds is 6. The number of amides is 1. The third-order valence-electron chi connectivity index (χ3n) is 8.90. The molecule has 0 aliphatic heterocycles. The van der Waals surface area contributed by atoms with E-state index in [1.54, 1.807) is 12.1 Å². The summed E-state index contributed by atoms with van der Waals surface area (Å²) >= 11 is 0. The summed E-state index contributed by atoms with van der Waals surface area (Å²) in [4.78, 5) is 65.9. The van der Waals surface area contributed by atoms with Crippen molar-refractivity contribution in [2.75, 3.05) is 20.3 Å². The quantitative estimate of drug-likeness (QED) is 0.463. The van der Waals surface area contributed by atoms with Crippen LogP contribution < -0.4 is 5.73 Å². The number of hydrogen-bond donors (Lipinski definition) is 3. The van der Waals surface area contributed by atoms with Gasteiger partial charge in [-0.25, -0.2) is 0 Å². The molecular formula is C27H31NO9. The van der Waals surface area contributed by atoms with Gasteiger partial charge in [0, 0.05) is 32.0 Å². The minimum atomic E-state index is -2.76. The van der Waals surface area contributed by atoms with E-state index in [-0.39, 0.29) is 30.6 Å². The van der Waals surface area contributed by atoms with Crippen LogP contribution in [0.5, 0.6) is 5.75 Å². The maximum Gasteiger partial charge on any atom is 0.235 e. The Morgan fingerprint density at radius 2 is 1.81 bits per heavy atom. The van der Waals surface area contributed by atoms with E-state index in [4.69, 9.17) is 15.2 Å². The maximum atomic E-state index is 14.0. The van der Waals surface area contributed by atoms with E-state index in [9.17, 15) is 34.2 Å². The first-order chi connectivity index (χ1) is 17.6.